The van der Waals surface area contributed by atoms with E-state index in [2.05, 4.69) is 69.8 Å². The average molecular weight is 879 g/mol. The highest BCUT2D eigenvalue weighted by atomic mass is 16.6. The Balaban J connectivity index is 0.846. The summed E-state index contributed by atoms with van der Waals surface area (Å²) in [5.41, 5.74) is 4.09. The third-order valence-electron chi connectivity index (χ3n) is 11.8. The summed E-state index contributed by atoms with van der Waals surface area (Å²) in [5, 5.41) is 7.63. The van der Waals surface area contributed by atoms with E-state index in [0.717, 1.165) is 34.9 Å². The molecule has 1 saturated heterocycles. The predicted molar refractivity (Wildman–Crippen MR) is 241 cm³/mol. The van der Waals surface area contributed by atoms with Gasteiger partial charge in [-0.25, -0.2) is 0 Å². The first-order valence-electron chi connectivity index (χ1n) is 22.3. The van der Waals surface area contributed by atoms with Gasteiger partial charge >= 0.3 is 6.01 Å². The molecule has 2 unspecified atom stereocenters. The lowest BCUT2D eigenvalue weighted by Gasteiger charge is -2.42. The van der Waals surface area contributed by atoms with E-state index >= 15 is 0 Å². The van der Waals surface area contributed by atoms with Crippen LogP contribution in [0.1, 0.15) is 72.0 Å². The Morgan fingerprint density at radius 2 is 1.58 bits per heavy atom. The molecule has 3 aliphatic heterocycles. The minimum absolute atomic E-state index is 0.0561. The van der Waals surface area contributed by atoms with Gasteiger partial charge in [0.1, 0.15) is 18.5 Å². The van der Waals surface area contributed by atoms with Gasteiger partial charge in [0.05, 0.1) is 63.0 Å². The molecule has 5 amide bonds. The zero-order valence-corrected chi connectivity index (χ0v) is 36.9. The molecule has 0 spiro atoms. The van der Waals surface area contributed by atoms with E-state index in [4.69, 9.17) is 28.9 Å². The molecule has 7 rings (SSSR count). The topological polar surface area (TPSA) is 185 Å². The van der Waals surface area contributed by atoms with Crippen molar-refractivity contribution in [3.8, 4) is 6.01 Å². The lowest BCUT2D eigenvalue weighted by molar-refractivity contribution is -0.133. The molecule has 0 aliphatic carbocycles. The fraction of sp³-hybridized carbons (Fsp3) is 0.468. The number of piperazine rings is 1. The summed E-state index contributed by atoms with van der Waals surface area (Å²) in [6, 6.07) is 19.0. The molecule has 17 heteroatoms. The third kappa shape index (κ3) is 10.4. The molecule has 4 heterocycles. The van der Waals surface area contributed by atoms with Crippen LogP contribution < -0.4 is 25.2 Å². The normalized spacial score (nSPS) is 16.5. The van der Waals surface area contributed by atoms with Crippen LogP contribution in [0.2, 0.25) is 0 Å². The molecule has 3 aliphatic rings. The number of aromatic nitrogens is 2. The van der Waals surface area contributed by atoms with Gasteiger partial charge in [0, 0.05) is 67.5 Å². The quantitative estimate of drug-likeness (QED) is 0.0650. The van der Waals surface area contributed by atoms with Crippen LogP contribution in [0.4, 0.5) is 17.2 Å². The lowest BCUT2D eigenvalue weighted by Crippen LogP contribution is -2.54. The molecule has 1 aromatic heterocycles. The molecule has 64 heavy (non-hydrogen) atoms. The van der Waals surface area contributed by atoms with Crippen molar-refractivity contribution in [2.75, 3.05) is 94.1 Å². The highest BCUT2D eigenvalue weighted by Crippen LogP contribution is 2.35. The molecule has 340 valence electrons. The summed E-state index contributed by atoms with van der Waals surface area (Å²) in [5.74, 6) is -0.809. The first kappa shape index (κ1) is 45.8. The number of benzene rings is 3. The summed E-state index contributed by atoms with van der Waals surface area (Å²) in [4.78, 5) is 80.0. The minimum Gasteiger partial charge on any atom is -0.461 e. The minimum atomic E-state index is -1.09. The smallest absolute Gasteiger partial charge is 0.318 e. The maximum atomic E-state index is 13.4. The second-order valence-corrected chi connectivity index (χ2v) is 15.9. The van der Waals surface area contributed by atoms with Crippen molar-refractivity contribution >= 4 is 58.0 Å². The maximum Gasteiger partial charge on any atom is 0.318 e. The number of hydrogen-bond acceptors (Lipinski definition) is 14. The molecular formula is C47H58N8O9. The fourth-order valence-electron chi connectivity index (χ4n) is 8.66. The van der Waals surface area contributed by atoms with E-state index in [1.165, 1.54) is 16.5 Å². The van der Waals surface area contributed by atoms with Crippen LogP contribution in [-0.4, -0.2) is 141 Å². The van der Waals surface area contributed by atoms with Gasteiger partial charge in [-0.05, 0) is 43.4 Å². The molecule has 3 aromatic carbocycles. The Labute approximate surface area is 373 Å². The number of rotatable bonds is 22. The number of fused-ring (bicyclic) bond motifs is 3. The highest BCUT2D eigenvalue weighted by molar-refractivity contribution is 6.25. The second kappa shape index (κ2) is 22.0. The number of amides is 5. The number of nitrogens with zero attached hydrogens (tertiary/aromatic N) is 6. The number of anilines is 3. The van der Waals surface area contributed by atoms with Crippen LogP contribution in [0.5, 0.6) is 6.01 Å². The van der Waals surface area contributed by atoms with E-state index < -0.39 is 23.8 Å². The van der Waals surface area contributed by atoms with Gasteiger partial charge < -0.3 is 39.0 Å². The van der Waals surface area contributed by atoms with Gasteiger partial charge in [-0.1, -0.05) is 62.7 Å². The Morgan fingerprint density at radius 3 is 2.33 bits per heavy atom. The summed E-state index contributed by atoms with van der Waals surface area (Å²) in [7, 11) is 0. The number of ether oxygens (including phenoxy) is 4. The first-order valence-corrected chi connectivity index (χ1v) is 22.3. The fourth-order valence-corrected chi connectivity index (χ4v) is 8.66. The van der Waals surface area contributed by atoms with Crippen LogP contribution in [0, 0.1) is 0 Å². The first-order chi connectivity index (χ1) is 31.2. The van der Waals surface area contributed by atoms with Crippen molar-refractivity contribution < 1.29 is 42.9 Å². The molecule has 0 bridgehead atoms. The average Bonchev–Trinajstić information content (AvgIpc) is 3.57. The zero-order chi connectivity index (χ0) is 45.0. The number of hydrogen-bond donors (Lipinski definition) is 2. The molecule has 4 aromatic rings. The second-order valence-electron chi connectivity index (χ2n) is 15.9. The van der Waals surface area contributed by atoms with Crippen LogP contribution in [0.3, 0.4) is 0 Å². The van der Waals surface area contributed by atoms with Crippen LogP contribution in [-0.2, 0) is 41.6 Å². The molecular weight excluding hydrogens is 821 g/mol. The van der Waals surface area contributed by atoms with Crippen molar-refractivity contribution in [2.45, 2.75) is 65.1 Å². The highest BCUT2D eigenvalue weighted by Gasteiger charge is 2.43. The largest absolute Gasteiger partial charge is 0.461 e. The standard InChI is InChI=1S/C47H58N8O9/c1-4-10-40(44(58)49-31-56)55-45(59)36-14-9-15-37(42(36)46(55)60)48-18-22-61-23-24-62-25-26-63-27-28-64-47-50-38-30-52(39-16-8-12-33-11-6-7-13-34(33)39)19-17-35(38)43(51-47)53-20-21-54(32(3)29-53)41(57)5-2/h6-9,11-16,31-32,40,48H,4-5,10,17-30H2,1-3H3,(H,49,56,58). The molecule has 17 nitrogen and oxygen atoms in total. The van der Waals surface area contributed by atoms with E-state index in [9.17, 15) is 24.0 Å². The number of imide groups is 2. The van der Waals surface area contributed by atoms with Crippen molar-refractivity contribution in [3.63, 3.8) is 0 Å². The van der Waals surface area contributed by atoms with Gasteiger partial charge in [-0.15, -0.1) is 0 Å². The summed E-state index contributed by atoms with van der Waals surface area (Å²) in [6.45, 7) is 12.0. The van der Waals surface area contributed by atoms with Crippen molar-refractivity contribution in [3.05, 3.63) is 83.0 Å². The van der Waals surface area contributed by atoms with Gasteiger partial charge in [-0.2, -0.15) is 9.97 Å². The third-order valence-corrected chi connectivity index (χ3v) is 11.8. The summed E-state index contributed by atoms with van der Waals surface area (Å²) >= 11 is 0. The molecule has 2 atom stereocenters. The van der Waals surface area contributed by atoms with Gasteiger partial charge in [0.25, 0.3) is 11.8 Å². The zero-order valence-electron chi connectivity index (χ0n) is 36.9. The monoisotopic (exact) mass is 878 g/mol. The van der Waals surface area contributed by atoms with E-state index in [1.807, 2.05) is 18.7 Å². The van der Waals surface area contributed by atoms with Crippen molar-refractivity contribution in [1.82, 2.24) is 25.1 Å². The SMILES string of the molecule is CCCC(C(=O)NC=O)N1C(=O)c2cccc(NCCOCCOCCOCCOc3nc4c(c(N5CCN(C(=O)CC)C(C)C5)n3)CCN(c3cccc5ccccc35)C4)c2C1=O. The number of carbonyl (C=O) groups excluding carboxylic acids is 5. The van der Waals surface area contributed by atoms with Gasteiger partial charge in [-0.3, -0.25) is 34.2 Å². The maximum absolute atomic E-state index is 13.4. The van der Waals surface area contributed by atoms with E-state index in [1.54, 1.807) is 18.2 Å². The Hall–Kier alpha value is -6.17. The molecule has 0 radical (unpaired) electrons. The molecule has 0 saturated carbocycles. The molecule has 1 fully saturated rings. The molecule has 2 N–H and O–H groups in total. The summed E-state index contributed by atoms with van der Waals surface area (Å²) < 4.78 is 23.3. The van der Waals surface area contributed by atoms with Gasteiger partial charge in [0.2, 0.25) is 18.2 Å². The summed E-state index contributed by atoms with van der Waals surface area (Å²) in [6.07, 6.45) is 2.29. The number of carbonyl (C=O) groups is 5. The van der Waals surface area contributed by atoms with E-state index in [-0.39, 0.29) is 42.5 Å². The Bertz CT molecular complexity index is 2300. The van der Waals surface area contributed by atoms with Crippen molar-refractivity contribution in [2.24, 2.45) is 0 Å². The van der Waals surface area contributed by atoms with Crippen LogP contribution >= 0.6 is 0 Å². The lowest BCUT2D eigenvalue weighted by atomic mass is 10.0. The Morgan fingerprint density at radius 1 is 0.844 bits per heavy atom. The predicted octanol–water partition coefficient (Wildman–Crippen LogP) is 4.22. The Kier molecular flexibility index (Phi) is 15.7. The number of nitrogens with one attached hydrogen (secondary N) is 2. The van der Waals surface area contributed by atoms with Crippen molar-refractivity contribution in [1.29, 1.82) is 0 Å². The van der Waals surface area contributed by atoms with Crippen LogP contribution in [0.25, 0.3) is 10.8 Å². The van der Waals surface area contributed by atoms with E-state index in [0.29, 0.717) is 96.9 Å². The van der Waals surface area contributed by atoms with Gasteiger partial charge in [0.15, 0.2) is 0 Å². The van der Waals surface area contributed by atoms with Crippen LogP contribution in [0.15, 0.2) is 60.7 Å².